The van der Waals surface area contributed by atoms with Crippen molar-refractivity contribution in [2.24, 2.45) is 5.92 Å². The third-order valence-corrected chi connectivity index (χ3v) is 4.28. The molecule has 0 saturated carbocycles. The van der Waals surface area contributed by atoms with Gasteiger partial charge in [0.25, 0.3) is 0 Å². The van der Waals surface area contributed by atoms with Gasteiger partial charge in [0.1, 0.15) is 0 Å². The molecule has 0 fully saturated rings. The van der Waals surface area contributed by atoms with Gasteiger partial charge in [-0.2, -0.15) is 4.68 Å². The minimum Gasteiger partial charge on any atom is -0.381 e. The van der Waals surface area contributed by atoms with Crippen molar-refractivity contribution in [3.05, 3.63) is 30.3 Å². The average Bonchev–Trinajstić information content (AvgIpc) is 3.01. The van der Waals surface area contributed by atoms with Gasteiger partial charge in [0.05, 0.1) is 5.69 Å². The van der Waals surface area contributed by atoms with E-state index < -0.39 is 0 Å². The van der Waals surface area contributed by atoms with E-state index in [1.807, 2.05) is 30.3 Å². The number of ether oxygens (including phenoxy) is 1. The molecule has 2 aromatic rings. The lowest BCUT2D eigenvalue weighted by Gasteiger charge is -2.11. The molecule has 1 aromatic heterocycles. The molecular weight excluding hydrogens is 296 g/mol. The standard InChI is InChI=1S/C16H24N4OS/c1-3-4-11-21-13-14(2)10-12-22-16-17-18-19-20(16)15-8-6-5-7-9-15/h5-9,14H,3-4,10-13H2,1-2H3/t14-/m0/s1. The van der Waals surface area contributed by atoms with Gasteiger partial charge in [-0.15, -0.1) is 5.10 Å². The van der Waals surface area contributed by atoms with Gasteiger partial charge in [-0.1, -0.05) is 50.2 Å². The largest absolute Gasteiger partial charge is 0.381 e. The van der Waals surface area contributed by atoms with Crippen LogP contribution < -0.4 is 0 Å². The number of para-hydroxylation sites is 1. The molecule has 0 spiro atoms. The van der Waals surface area contributed by atoms with Crippen LogP contribution in [0.2, 0.25) is 0 Å². The van der Waals surface area contributed by atoms with Crippen LogP contribution in [0.15, 0.2) is 35.5 Å². The fraction of sp³-hybridized carbons (Fsp3) is 0.562. The topological polar surface area (TPSA) is 52.8 Å². The summed E-state index contributed by atoms with van der Waals surface area (Å²) in [5.41, 5.74) is 0.992. The van der Waals surface area contributed by atoms with Gasteiger partial charge < -0.3 is 4.74 Å². The lowest BCUT2D eigenvalue weighted by molar-refractivity contribution is 0.101. The first-order chi connectivity index (χ1) is 10.8. The van der Waals surface area contributed by atoms with E-state index >= 15 is 0 Å². The van der Waals surface area contributed by atoms with E-state index in [1.54, 1.807) is 16.4 Å². The van der Waals surface area contributed by atoms with Crippen molar-refractivity contribution < 1.29 is 4.74 Å². The summed E-state index contributed by atoms with van der Waals surface area (Å²) in [7, 11) is 0. The third-order valence-electron chi connectivity index (χ3n) is 3.33. The maximum absolute atomic E-state index is 5.66. The molecule has 0 aliphatic rings. The van der Waals surface area contributed by atoms with Crippen molar-refractivity contribution in [2.75, 3.05) is 19.0 Å². The van der Waals surface area contributed by atoms with Gasteiger partial charge in [-0.3, -0.25) is 0 Å². The quantitative estimate of drug-likeness (QED) is 0.494. The lowest BCUT2D eigenvalue weighted by atomic mass is 10.1. The number of thioether (sulfide) groups is 1. The molecule has 0 N–H and O–H groups in total. The van der Waals surface area contributed by atoms with E-state index in [4.69, 9.17) is 4.74 Å². The van der Waals surface area contributed by atoms with Gasteiger partial charge in [0, 0.05) is 19.0 Å². The van der Waals surface area contributed by atoms with Gasteiger partial charge in [0.2, 0.25) is 5.16 Å². The highest BCUT2D eigenvalue weighted by molar-refractivity contribution is 7.99. The summed E-state index contributed by atoms with van der Waals surface area (Å²) in [4.78, 5) is 0. The minimum absolute atomic E-state index is 0.561. The van der Waals surface area contributed by atoms with Crippen molar-refractivity contribution in [1.29, 1.82) is 0 Å². The molecule has 0 aliphatic heterocycles. The number of hydrogen-bond donors (Lipinski definition) is 0. The molecule has 0 bridgehead atoms. The molecule has 6 heteroatoms. The van der Waals surface area contributed by atoms with Crippen molar-refractivity contribution in [3.8, 4) is 5.69 Å². The fourth-order valence-electron chi connectivity index (χ4n) is 1.97. The second-order valence-corrected chi connectivity index (χ2v) is 6.44. The summed E-state index contributed by atoms with van der Waals surface area (Å²) in [6, 6.07) is 9.97. The Morgan fingerprint density at radius 1 is 1.27 bits per heavy atom. The molecule has 0 amide bonds. The number of hydrogen-bond acceptors (Lipinski definition) is 5. The normalized spacial score (nSPS) is 12.5. The first kappa shape index (κ1) is 17.0. The number of rotatable bonds is 10. The van der Waals surface area contributed by atoms with Crippen LogP contribution in [0.3, 0.4) is 0 Å². The monoisotopic (exact) mass is 320 g/mol. The molecule has 5 nitrogen and oxygen atoms in total. The van der Waals surface area contributed by atoms with Gasteiger partial charge in [-0.05, 0) is 41.3 Å². The second kappa shape index (κ2) is 9.58. The zero-order valence-corrected chi connectivity index (χ0v) is 14.1. The van der Waals surface area contributed by atoms with Crippen molar-refractivity contribution in [2.45, 2.75) is 38.3 Å². The highest BCUT2D eigenvalue weighted by Crippen LogP contribution is 2.20. The Morgan fingerprint density at radius 2 is 2.09 bits per heavy atom. The SMILES string of the molecule is CCCCOC[C@@H](C)CCSc1nnnn1-c1ccccc1. The first-order valence-corrected chi connectivity index (χ1v) is 8.84. The third kappa shape index (κ3) is 5.42. The molecule has 22 heavy (non-hydrogen) atoms. The zero-order valence-electron chi connectivity index (χ0n) is 13.3. The van der Waals surface area contributed by atoms with Crippen LogP contribution in [-0.2, 0) is 4.74 Å². The highest BCUT2D eigenvalue weighted by atomic mass is 32.2. The summed E-state index contributed by atoms with van der Waals surface area (Å²) < 4.78 is 7.45. The Hall–Kier alpha value is -1.40. The number of aromatic nitrogens is 4. The van der Waals surface area contributed by atoms with Crippen LogP contribution in [0.1, 0.15) is 33.1 Å². The molecule has 1 aromatic carbocycles. The van der Waals surface area contributed by atoms with Crippen molar-refractivity contribution in [3.63, 3.8) is 0 Å². The minimum atomic E-state index is 0.561. The Balaban J connectivity index is 1.75. The summed E-state index contributed by atoms with van der Waals surface area (Å²) in [6.45, 7) is 6.12. The Bertz CT molecular complexity index is 532. The molecule has 1 heterocycles. The molecule has 0 unspecified atom stereocenters. The molecular formula is C16H24N4OS. The van der Waals surface area contributed by atoms with E-state index in [-0.39, 0.29) is 0 Å². The summed E-state index contributed by atoms with van der Waals surface area (Å²) in [5, 5.41) is 12.8. The fourth-order valence-corrected chi connectivity index (χ4v) is 3.03. The molecule has 0 radical (unpaired) electrons. The predicted octanol–water partition coefficient (Wildman–Crippen LogP) is 3.60. The highest BCUT2D eigenvalue weighted by Gasteiger charge is 2.09. The van der Waals surface area contributed by atoms with E-state index in [9.17, 15) is 0 Å². The predicted molar refractivity (Wildman–Crippen MR) is 89.4 cm³/mol. The van der Waals surface area contributed by atoms with E-state index in [1.165, 1.54) is 6.42 Å². The zero-order chi connectivity index (χ0) is 15.6. The van der Waals surface area contributed by atoms with Gasteiger partial charge >= 0.3 is 0 Å². The first-order valence-electron chi connectivity index (χ1n) is 7.85. The lowest BCUT2D eigenvalue weighted by Crippen LogP contribution is -2.08. The van der Waals surface area contributed by atoms with E-state index in [0.29, 0.717) is 5.92 Å². The van der Waals surface area contributed by atoms with Crippen LogP contribution in [0.5, 0.6) is 0 Å². The second-order valence-electron chi connectivity index (χ2n) is 5.38. The maximum Gasteiger partial charge on any atom is 0.214 e. The van der Waals surface area contributed by atoms with E-state index in [0.717, 1.165) is 42.7 Å². The Morgan fingerprint density at radius 3 is 2.86 bits per heavy atom. The van der Waals surface area contributed by atoms with Crippen molar-refractivity contribution >= 4 is 11.8 Å². The van der Waals surface area contributed by atoms with Crippen molar-refractivity contribution in [1.82, 2.24) is 20.2 Å². The molecule has 0 saturated heterocycles. The smallest absolute Gasteiger partial charge is 0.214 e. The van der Waals surface area contributed by atoms with Crippen LogP contribution in [0.25, 0.3) is 5.69 Å². The molecule has 0 aliphatic carbocycles. The Labute approximate surface area is 136 Å². The average molecular weight is 320 g/mol. The number of benzene rings is 1. The van der Waals surface area contributed by atoms with Gasteiger partial charge in [-0.25, -0.2) is 0 Å². The Kier molecular flexibility index (Phi) is 7.39. The van der Waals surface area contributed by atoms with Crippen LogP contribution in [0.4, 0.5) is 0 Å². The summed E-state index contributed by atoms with van der Waals surface area (Å²) >= 11 is 1.69. The number of tetrazole rings is 1. The maximum atomic E-state index is 5.66. The van der Waals surface area contributed by atoms with Crippen LogP contribution in [-0.4, -0.2) is 39.2 Å². The number of nitrogens with zero attached hydrogens (tertiary/aromatic N) is 4. The van der Waals surface area contributed by atoms with Gasteiger partial charge in [0.15, 0.2) is 0 Å². The van der Waals surface area contributed by atoms with Crippen LogP contribution in [0, 0.1) is 5.92 Å². The molecule has 1 atom stereocenters. The summed E-state index contributed by atoms with van der Waals surface area (Å²) in [6.07, 6.45) is 3.43. The number of unbranched alkanes of at least 4 members (excludes halogenated alkanes) is 1. The molecule has 2 rings (SSSR count). The summed E-state index contributed by atoms with van der Waals surface area (Å²) in [5.74, 6) is 1.55. The van der Waals surface area contributed by atoms with Crippen LogP contribution >= 0.6 is 11.8 Å². The van der Waals surface area contributed by atoms with E-state index in [2.05, 4.69) is 29.4 Å². The molecule has 120 valence electrons.